The average Bonchev–Trinajstić information content (AvgIpc) is 3.21. The summed E-state index contributed by atoms with van der Waals surface area (Å²) >= 11 is 0. The SMILES string of the molecule is N#Cc1cc2c(c(C#N)c1C#N)c1ccc3ccccc3c1c1nc3ccccc3n21. The molecular weight excluding hydrogens is 382 g/mol. The number of para-hydroxylation sites is 2. The highest BCUT2D eigenvalue weighted by Gasteiger charge is 2.21. The number of aromatic nitrogens is 2. The normalized spacial score (nSPS) is 11.1. The maximum absolute atomic E-state index is 10.0. The Labute approximate surface area is 176 Å². The summed E-state index contributed by atoms with van der Waals surface area (Å²) in [5.41, 5.74) is 3.68. The number of benzene rings is 4. The first-order valence-corrected chi connectivity index (χ1v) is 9.68. The molecule has 0 saturated carbocycles. The smallest absolute Gasteiger partial charge is 0.147 e. The molecule has 0 bridgehead atoms. The van der Waals surface area contributed by atoms with Gasteiger partial charge in [0.1, 0.15) is 23.9 Å². The van der Waals surface area contributed by atoms with E-state index in [1.54, 1.807) is 6.07 Å². The van der Waals surface area contributed by atoms with Crippen LogP contribution in [0.3, 0.4) is 0 Å². The monoisotopic (exact) mass is 393 g/mol. The average molecular weight is 393 g/mol. The molecule has 0 aliphatic carbocycles. The third kappa shape index (κ3) is 2.08. The predicted molar refractivity (Wildman–Crippen MR) is 119 cm³/mol. The minimum absolute atomic E-state index is 0.107. The molecule has 0 fully saturated rings. The maximum Gasteiger partial charge on any atom is 0.147 e. The number of hydrogen-bond acceptors (Lipinski definition) is 4. The molecule has 0 aliphatic rings. The first kappa shape index (κ1) is 17.0. The van der Waals surface area contributed by atoms with Crippen LogP contribution in [0.2, 0.25) is 0 Å². The molecule has 2 aromatic heterocycles. The standard InChI is InChI=1S/C26H11N5/c27-12-16-11-23-24(20(14-29)19(16)13-28)18-10-9-15-5-1-2-6-17(15)25(18)26-30-21-7-3-4-8-22(21)31(23)26/h1-11H. The second-order valence-corrected chi connectivity index (χ2v) is 7.37. The summed E-state index contributed by atoms with van der Waals surface area (Å²) in [6.45, 7) is 0. The van der Waals surface area contributed by atoms with Crippen molar-refractivity contribution in [2.75, 3.05) is 0 Å². The Balaban J connectivity index is 2.09. The van der Waals surface area contributed by atoms with Gasteiger partial charge >= 0.3 is 0 Å². The number of imidazole rings is 1. The lowest BCUT2D eigenvalue weighted by atomic mass is 9.93. The molecule has 4 aromatic carbocycles. The number of rotatable bonds is 0. The highest BCUT2D eigenvalue weighted by atomic mass is 15.0. The van der Waals surface area contributed by atoms with E-state index in [-0.39, 0.29) is 16.7 Å². The minimum atomic E-state index is 0.107. The number of pyridine rings is 1. The van der Waals surface area contributed by atoms with Crippen LogP contribution in [0.4, 0.5) is 0 Å². The van der Waals surface area contributed by atoms with Gasteiger partial charge in [0, 0.05) is 10.8 Å². The molecule has 0 spiro atoms. The van der Waals surface area contributed by atoms with Crippen LogP contribution < -0.4 is 0 Å². The molecule has 0 unspecified atom stereocenters. The quantitative estimate of drug-likeness (QED) is 0.316. The van der Waals surface area contributed by atoms with Gasteiger partial charge in [-0.25, -0.2) is 4.98 Å². The van der Waals surface area contributed by atoms with Crippen LogP contribution in [0, 0.1) is 34.0 Å². The van der Waals surface area contributed by atoms with Gasteiger partial charge in [0.05, 0.1) is 33.2 Å². The second kappa shape index (κ2) is 6.04. The molecule has 5 heteroatoms. The molecule has 5 nitrogen and oxygen atoms in total. The molecule has 2 heterocycles. The Morgan fingerprint density at radius 2 is 1.45 bits per heavy atom. The van der Waals surface area contributed by atoms with E-state index < -0.39 is 0 Å². The van der Waals surface area contributed by atoms with Crippen molar-refractivity contribution in [2.45, 2.75) is 0 Å². The van der Waals surface area contributed by atoms with E-state index in [1.807, 2.05) is 65.1 Å². The molecule has 0 saturated heterocycles. The van der Waals surface area contributed by atoms with Gasteiger partial charge in [-0.15, -0.1) is 0 Å². The van der Waals surface area contributed by atoms with Crippen LogP contribution in [0.1, 0.15) is 16.7 Å². The largest absolute Gasteiger partial charge is 0.292 e. The van der Waals surface area contributed by atoms with Gasteiger partial charge in [-0.2, -0.15) is 15.8 Å². The summed E-state index contributed by atoms with van der Waals surface area (Å²) in [7, 11) is 0. The molecular formula is C26H11N5. The fraction of sp³-hybridized carbons (Fsp3) is 0. The molecule has 0 N–H and O–H groups in total. The lowest BCUT2D eigenvalue weighted by Gasteiger charge is -2.14. The van der Waals surface area contributed by atoms with E-state index >= 15 is 0 Å². The van der Waals surface area contributed by atoms with Gasteiger partial charge in [-0.1, -0.05) is 48.5 Å². The number of nitriles is 3. The molecule has 6 aromatic rings. The Kier molecular flexibility index (Phi) is 3.31. The Hall–Kier alpha value is -4.92. The van der Waals surface area contributed by atoms with E-state index in [0.717, 1.165) is 38.2 Å². The molecule has 0 atom stereocenters. The third-order valence-electron chi connectivity index (χ3n) is 5.87. The van der Waals surface area contributed by atoms with Crippen LogP contribution in [-0.4, -0.2) is 9.38 Å². The maximum atomic E-state index is 10.0. The topological polar surface area (TPSA) is 88.7 Å². The Bertz CT molecular complexity index is 1870. The van der Waals surface area contributed by atoms with Crippen molar-refractivity contribution in [1.29, 1.82) is 15.8 Å². The van der Waals surface area contributed by atoms with Crippen LogP contribution in [0.25, 0.3) is 49.1 Å². The van der Waals surface area contributed by atoms with Crippen LogP contribution in [0.15, 0.2) is 66.7 Å². The van der Waals surface area contributed by atoms with Crippen molar-refractivity contribution in [3.05, 3.63) is 83.4 Å². The first-order valence-electron chi connectivity index (χ1n) is 9.68. The van der Waals surface area contributed by atoms with Gasteiger partial charge < -0.3 is 0 Å². The summed E-state index contributed by atoms with van der Waals surface area (Å²) in [5.74, 6) is 0. The molecule has 0 aliphatic heterocycles. The van der Waals surface area contributed by atoms with Crippen molar-refractivity contribution >= 4 is 49.1 Å². The van der Waals surface area contributed by atoms with Crippen LogP contribution in [-0.2, 0) is 0 Å². The third-order valence-corrected chi connectivity index (χ3v) is 5.87. The fourth-order valence-corrected chi connectivity index (χ4v) is 4.59. The fourth-order valence-electron chi connectivity index (χ4n) is 4.59. The number of hydrogen-bond donors (Lipinski definition) is 0. The van der Waals surface area contributed by atoms with Crippen molar-refractivity contribution in [3.8, 4) is 18.2 Å². The van der Waals surface area contributed by atoms with Crippen molar-refractivity contribution < 1.29 is 0 Å². The minimum Gasteiger partial charge on any atom is -0.292 e. The summed E-state index contributed by atoms with van der Waals surface area (Å²) in [5, 5.41) is 34.0. The van der Waals surface area contributed by atoms with Crippen LogP contribution >= 0.6 is 0 Å². The summed E-state index contributed by atoms with van der Waals surface area (Å²) in [6, 6.07) is 27.9. The zero-order valence-corrected chi connectivity index (χ0v) is 16.1. The molecule has 6 rings (SSSR count). The molecule has 31 heavy (non-hydrogen) atoms. The Morgan fingerprint density at radius 3 is 2.26 bits per heavy atom. The second-order valence-electron chi connectivity index (χ2n) is 7.37. The summed E-state index contributed by atoms with van der Waals surface area (Å²) in [6.07, 6.45) is 0. The van der Waals surface area contributed by atoms with Gasteiger partial charge in [0.25, 0.3) is 0 Å². The summed E-state index contributed by atoms with van der Waals surface area (Å²) in [4.78, 5) is 4.93. The van der Waals surface area contributed by atoms with Gasteiger partial charge in [0.15, 0.2) is 0 Å². The molecule has 0 radical (unpaired) electrons. The van der Waals surface area contributed by atoms with E-state index in [0.29, 0.717) is 10.9 Å². The first-order chi connectivity index (χ1) is 15.3. The molecule has 140 valence electrons. The van der Waals surface area contributed by atoms with Gasteiger partial charge in [-0.05, 0) is 34.4 Å². The number of nitrogens with zero attached hydrogens (tertiary/aromatic N) is 5. The molecule has 0 amide bonds. The summed E-state index contributed by atoms with van der Waals surface area (Å²) < 4.78 is 2.00. The highest BCUT2D eigenvalue weighted by molar-refractivity contribution is 6.24. The zero-order chi connectivity index (χ0) is 21.1. The number of fused-ring (bicyclic) bond motifs is 10. The van der Waals surface area contributed by atoms with E-state index in [9.17, 15) is 15.8 Å². The van der Waals surface area contributed by atoms with E-state index in [1.165, 1.54) is 0 Å². The van der Waals surface area contributed by atoms with Crippen LogP contribution in [0.5, 0.6) is 0 Å². The van der Waals surface area contributed by atoms with Crippen molar-refractivity contribution in [3.63, 3.8) is 0 Å². The van der Waals surface area contributed by atoms with E-state index in [2.05, 4.69) is 18.2 Å². The van der Waals surface area contributed by atoms with Crippen molar-refractivity contribution in [2.24, 2.45) is 0 Å². The van der Waals surface area contributed by atoms with Crippen molar-refractivity contribution in [1.82, 2.24) is 9.38 Å². The lowest BCUT2D eigenvalue weighted by Crippen LogP contribution is -1.99. The van der Waals surface area contributed by atoms with E-state index in [4.69, 9.17) is 4.98 Å². The van der Waals surface area contributed by atoms with Gasteiger partial charge in [-0.3, -0.25) is 4.40 Å². The van der Waals surface area contributed by atoms with Gasteiger partial charge in [0.2, 0.25) is 0 Å². The predicted octanol–water partition coefficient (Wildman–Crippen LogP) is 5.56. The Morgan fingerprint density at radius 1 is 0.677 bits per heavy atom. The highest BCUT2D eigenvalue weighted by Crippen LogP contribution is 2.39. The lowest BCUT2D eigenvalue weighted by molar-refractivity contribution is 1.30. The zero-order valence-electron chi connectivity index (χ0n) is 16.1.